The molecule has 0 saturated heterocycles. The van der Waals surface area contributed by atoms with Gasteiger partial charge in [0, 0.05) is 5.39 Å². The van der Waals surface area contributed by atoms with Crippen LogP contribution in [0.1, 0.15) is 34.1 Å². The molecule has 1 N–H and O–H groups in total. The van der Waals surface area contributed by atoms with Gasteiger partial charge in [-0.25, -0.2) is 0 Å². The van der Waals surface area contributed by atoms with Crippen LogP contribution in [0.3, 0.4) is 0 Å². The van der Waals surface area contributed by atoms with Gasteiger partial charge >= 0.3 is 0 Å². The minimum absolute atomic E-state index is 0.598. The van der Waals surface area contributed by atoms with Crippen molar-refractivity contribution in [3.05, 3.63) is 70.5 Å². The molecule has 2 heteroatoms. The van der Waals surface area contributed by atoms with Crippen LogP contribution < -0.4 is 0 Å². The van der Waals surface area contributed by atoms with Gasteiger partial charge in [0.15, 0.2) is 0 Å². The van der Waals surface area contributed by atoms with Crippen molar-refractivity contribution in [3.63, 3.8) is 0 Å². The van der Waals surface area contributed by atoms with Crippen LogP contribution in [0.2, 0.25) is 0 Å². The number of para-hydroxylation sites is 1. The predicted molar refractivity (Wildman–Crippen MR) is 80.9 cm³/mol. The maximum atomic E-state index is 10.6. The average molecular weight is 266 g/mol. The van der Waals surface area contributed by atoms with Crippen LogP contribution in [-0.4, -0.2) is 5.11 Å². The largest absolute Gasteiger partial charge is 0.458 e. The summed E-state index contributed by atoms with van der Waals surface area (Å²) in [5.74, 6) is 0.598. The molecule has 1 aromatic heterocycles. The van der Waals surface area contributed by atoms with Crippen molar-refractivity contribution in [2.75, 3.05) is 0 Å². The molecule has 1 atom stereocenters. The number of aliphatic hydroxyl groups is 1. The zero-order valence-corrected chi connectivity index (χ0v) is 12.0. The fraction of sp³-hybridized carbons (Fsp3) is 0.222. The van der Waals surface area contributed by atoms with Gasteiger partial charge < -0.3 is 9.52 Å². The van der Waals surface area contributed by atoms with E-state index in [0.717, 1.165) is 27.7 Å². The number of rotatable bonds is 2. The summed E-state index contributed by atoms with van der Waals surface area (Å²) in [5, 5.41) is 11.6. The second-order valence-corrected chi connectivity index (χ2v) is 5.40. The van der Waals surface area contributed by atoms with E-state index in [9.17, 15) is 5.11 Å². The molecule has 1 unspecified atom stereocenters. The smallest absolute Gasteiger partial charge is 0.138 e. The number of fused-ring (bicyclic) bond motifs is 1. The first-order chi connectivity index (χ1) is 9.56. The monoisotopic (exact) mass is 266 g/mol. The highest BCUT2D eigenvalue weighted by molar-refractivity contribution is 5.81. The second-order valence-electron chi connectivity index (χ2n) is 5.40. The lowest BCUT2D eigenvalue weighted by Crippen LogP contribution is -2.00. The Labute approximate surface area is 118 Å². The van der Waals surface area contributed by atoms with Gasteiger partial charge in [-0.05, 0) is 43.5 Å². The SMILES string of the molecule is Cc1ccc(C(O)c2cc3cccc(C)c3o2)c(C)c1. The quantitative estimate of drug-likeness (QED) is 0.744. The Morgan fingerprint density at radius 3 is 2.45 bits per heavy atom. The first-order valence-electron chi connectivity index (χ1n) is 6.80. The first kappa shape index (κ1) is 12.9. The average Bonchev–Trinajstić information content (AvgIpc) is 2.83. The van der Waals surface area contributed by atoms with Crippen LogP contribution in [-0.2, 0) is 0 Å². The molecule has 2 nitrogen and oxygen atoms in total. The van der Waals surface area contributed by atoms with E-state index in [2.05, 4.69) is 6.07 Å². The normalized spacial score (nSPS) is 12.8. The minimum Gasteiger partial charge on any atom is -0.458 e. The van der Waals surface area contributed by atoms with Crippen molar-refractivity contribution < 1.29 is 9.52 Å². The topological polar surface area (TPSA) is 33.4 Å². The molecular weight excluding hydrogens is 248 g/mol. The summed E-state index contributed by atoms with van der Waals surface area (Å²) >= 11 is 0. The summed E-state index contributed by atoms with van der Waals surface area (Å²) in [5.41, 5.74) is 5.11. The van der Waals surface area contributed by atoms with Gasteiger partial charge in [0.25, 0.3) is 0 Å². The number of furan rings is 1. The number of benzene rings is 2. The first-order valence-corrected chi connectivity index (χ1v) is 6.80. The van der Waals surface area contributed by atoms with E-state index in [1.54, 1.807) is 0 Å². The third kappa shape index (κ3) is 2.12. The Hall–Kier alpha value is -2.06. The maximum absolute atomic E-state index is 10.6. The number of aliphatic hydroxyl groups excluding tert-OH is 1. The zero-order chi connectivity index (χ0) is 14.3. The standard InChI is InChI=1S/C18H18O2/c1-11-7-8-15(13(3)9-11)17(19)16-10-14-6-4-5-12(2)18(14)20-16/h4-10,17,19H,1-3H3. The van der Waals surface area contributed by atoms with Crippen LogP contribution in [0.4, 0.5) is 0 Å². The molecule has 0 aliphatic carbocycles. The van der Waals surface area contributed by atoms with Crippen molar-refractivity contribution in [2.24, 2.45) is 0 Å². The highest BCUT2D eigenvalue weighted by atomic mass is 16.4. The van der Waals surface area contributed by atoms with Crippen LogP contribution in [0.15, 0.2) is 46.9 Å². The summed E-state index contributed by atoms with van der Waals surface area (Å²) in [4.78, 5) is 0. The summed E-state index contributed by atoms with van der Waals surface area (Å²) in [6.45, 7) is 6.08. The van der Waals surface area contributed by atoms with E-state index in [-0.39, 0.29) is 0 Å². The number of hydrogen-bond acceptors (Lipinski definition) is 2. The second kappa shape index (κ2) is 4.80. The molecule has 0 aliphatic heterocycles. The molecule has 0 spiro atoms. The molecule has 0 fully saturated rings. The Kier molecular flexibility index (Phi) is 3.11. The van der Waals surface area contributed by atoms with Crippen molar-refractivity contribution in [1.29, 1.82) is 0 Å². The van der Waals surface area contributed by atoms with Crippen LogP contribution in [0.5, 0.6) is 0 Å². The summed E-state index contributed by atoms with van der Waals surface area (Å²) in [6.07, 6.45) is -0.720. The highest BCUT2D eigenvalue weighted by Gasteiger charge is 2.18. The minimum atomic E-state index is -0.720. The van der Waals surface area contributed by atoms with E-state index < -0.39 is 6.10 Å². The molecular formula is C18H18O2. The van der Waals surface area contributed by atoms with E-state index in [4.69, 9.17) is 4.42 Å². The molecule has 0 radical (unpaired) electrons. The van der Waals surface area contributed by atoms with Gasteiger partial charge in [0.2, 0.25) is 0 Å². The van der Waals surface area contributed by atoms with Gasteiger partial charge in [-0.15, -0.1) is 0 Å². The van der Waals surface area contributed by atoms with E-state index in [1.807, 2.05) is 57.2 Å². The van der Waals surface area contributed by atoms with Gasteiger partial charge in [-0.2, -0.15) is 0 Å². The van der Waals surface area contributed by atoms with Crippen LogP contribution in [0.25, 0.3) is 11.0 Å². The number of aryl methyl sites for hydroxylation is 3. The molecule has 2 aromatic carbocycles. The van der Waals surface area contributed by atoms with Gasteiger partial charge in [0.05, 0.1) is 0 Å². The van der Waals surface area contributed by atoms with E-state index >= 15 is 0 Å². The highest BCUT2D eigenvalue weighted by Crippen LogP contribution is 2.31. The Balaban J connectivity index is 2.08. The number of hydrogen-bond donors (Lipinski definition) is 1. The fourth-order valence-corrected chi connectivity index (χ4v) is 2.65. The lowest BCUT2D eigenvalue weighted by molar-refractivity contribution is 0.191. The molecule has 20 heavy (non-hydrogen) atoms. The fourth-order valence-electron chi connectivity index (χ4n) is 2.65. The van der Waals surface area contributed by atoms with Crippen molar-refractivity contribution in [3.8, 4) is 0 Å². The molecule has 0 saturated carbocycles. The predicted octanol–water partition coefficient (Wildman–Crippen LogP) is 4.44. The van der Waals surface area contributed by atoms with E-state index in [1.165, 1.54) is 5.56 Å². The lowest BCUT2D eigenvalue weighted by Gasteiger charge is -2.12. The Morgan fingerprint density at radius 2 is 1.75 bits per heavy atom. The van der Waals surface area contributed by atoms with Gasteiger partial charge in [0.1, 0.15) is 17.4 Å². The zero-order valence-electron chi connectivity index (χ0n) is 12.0. The molecule has 3 aromatic rings. The molecule has 0 aliphatic rings. The molecule has 0 amide bonds. The molecule has 1 heterocycles. The molecule has 0 bridgehead atoms. The van der Waals surface area contributed by atoms with Crippen LogP contribution in [0, 0.1) is 20.8 Å². The van der Waals surface area contributed by atoms with Crippen molar-refractivity contribution in [1.82, 2.24) is 0 Å². The summed E-state index contributed by atoms with van der Waals surface area (Å²) < 4.78 is 5.85. The third-order valence-electron chi connectivity index (χ3n) is 3.75. The Morgan fingerprint density at radius 1 is 0.950 bits per heavy atom. The Bertz CT molecular complexity index is 768. The van der Waals surface area contributed by atoms with Gasteiger partial charge in [-0.1, -0.05) is 42.0 Å². The summed E-state index contributed by atoms with van der Waals surface area (Å²) in [6, 6.07) is 14.0. The maximum Gasteiger partial charge on any atom is 0.138 e. The third-order valence-corrected chi connectivity index (χ3v) is 3.75. The van der Waals surface area contributed by atoms with E-state index in [0.29, 0.717) is 5.76 Å². The van der Waals surface area contributed by atoms with Gasteiger partial charge in [-0.3, -0.25) is 0 Å². The van der Waals surface area contributed by atoms with Crippen molar-refractivity contribution in [2.45, 2.75) is 26.9 Å². The van der Waals surface area contributed by atoms with Crippen LogP contribution >= 0.6 is 0 Å². The molecule has 102 valence electrons. The lowest BCUT2D eigenvalue weighted by atomic mass is 9.99. The molecule has 3 rings (SSSR count). The van der Waals surface area contributed by atoms with Crippen molar-refractivity contribution >= 4 is 11.0 Å². The summed E-state index contributed by atoms with van der Waals surface area (Å²) in [7, 11) is 0.